The van der Waals surface area contributed by atoms with Crippen molar-refractivity contribution in [1.82, 2.24) is 4.98 Å². The molecular weight excluding hydrogens is 221 g/mol. The third kappa shape index (κ3) is 5.40. The smallest absolute Gasteiger partial charge is 0.0570 e. The fraction of sp³-hybridized carbons (Fsp3) is 0.444. The lowest BCUT2D eigenvalue weighted by molar-refractivity contribution is 0.604. The first-order chi connectivity index (χ1) is 5.84. The summed E-state index contributed by atoms with van der Waals surface area (Å²) in [7, 11) is 0. The van der Waals surface area contributed by atoms with E-state index < -0.39 is 0 Å². The van der Waals surface area contributed by atoms with Crippen LogP contribution < -0.4 is 11.5 Å². The van der Waals surface area contributed by atoms with Crippen molar-refractivity contribution in [3.63, 3.8) is 0 Å². The van der Waals surface area contributed by atoms with Crippen molar-refractivity contribution in [3.8, 4) is 0 Å². The van der Waals surface area contributed by atoms with Gasteiger partial charge in [-0.1, -0.05) is 6.07 Å². The highest BCUT2D eigenvalue weighted by molar-refractivity contribution is 5.85. The third-order valence-electron chi connectivity index (χ3n) is 1.79. The van der Waals surface area contributed by atoms with E-state index in [2.05, 4.69) is 4.98 Å². The number of aromatic nitrogens is 1. The molecule has 82 valence electrons. The van der Waals surface area contributed by atoms with Gasteiger partial charge in [0.15, 0.2) is 0 Å². The Morgan fingerprint density at radius 1 is 1.29 bits per heavy atom. The maximum absolute atomic E-state index is 5.86. The summed E-state index contributed by atoms with van der Waals surface area (Å²) in [5.41, 5.74) is 12.2. The molecule has 4 N–H and O–H groups in total. The molecule has 1 aromatic heterocycles. The number of hydrogen-bond acceptors (Lipinski definition) is 3. The minimum Gasteiger partial charge on any atom is -0.330 e. The summed E-state index contributed by atoms with van der Waals surface area (Å²) in [5.74, 6) is 0. The molecule has 3 nitrogen and oxygen atoms in total. The molecule has 0 fully saturated rings. The number of nitrogens with two attached hydrogens (primary N) is 2. The van der Waals surface area contributed by atoms with Crippen molar-refractivity contribution in [2.24, 2.45) is 11.5 Å². The van der Waals surface area contributed by atoms with Crippen LogP contribution in [0.1, 0.15) is 24.6 Å². The molecule has 1 unspecified atom stereocenters. The minimum atomic E-state index is 0. The maximum atomic E-state index is 5.86. The molecule has 5 heteroatoms. The molecule has 0 amide bonds. The van der Waals surface area contributed by atoms with Crippen molar-refractivity contribution in [2.75, 3.05) is 6.54 Å². The van der Waals surface area contributed by atoms with Crippen LogP contribution in [0.25, 0.3) is 0 Å². The Labute approximate surface area is 97.1 Å². The van der Waals surface area contributed by atoms with Crippen molar-refractivity contribution in [2.45, 2.75) is 18.9 Å². The van der Waals surface area contributed by atoms with Gasteiger partial charge in [-0.25, -0.2) is 0 Å². The fourth-order valence-corrected chi connectivity index (χ4v) is 1.08. The molecule has 0 saturated carbocycles. The highest BCUT2D eigenvalue weighted by Gasteiger charge is 2.04. The first-order valence-corrected chi connectivity index (χ1v) is 4.21. The van der Waals surface area contributed by atoms with Crippen LogP contribution in [0.3, 0.4) is 0 Å². The third-order valence-corrected chi connectivity index (χ3v) is 1.79. The number of halogens is 2. The van der Waals surface area contributed by atoms with E-state index in [0.29, 0.717) is 6.54 Å². The van der Waals surface area contributed by atoms with E-state index >= 15 is 0 Å². The van der Waals surface area contributed by atoms with E-state index in [1.807, 2.05) is 18.2 Å². The largest absolute Gasteiger partial charge is 0.330 e. The summed E-state index contributed by atoms with van der Waals surface area (Å²) < 4.78 is 0. The second kappa shape index (κ2) is 9.21. The van der Waals surface area contributed by atoms with Gasteiger partial charge in [-0.2, -0.15) is 0 Å². The lowest BCUT2D eigenvalue weighted by atomic mass is 10.1. The molecule has 1 aromatic rings. The number of pyridine rings is 1. The molecule has 0 radical (unpaired) electrons. The van der Waals surface area contributed by atoms with Gasteiger partial charge < -0.3 is 11.5 Å². The monoisotopic (exact) mass is 237 g/mol. The summed E-state index contributed by atoms with van der Waals surface area (Å²) in [6.45, 7) is 0.695. The Hall–Kier alpha value is -0.350. The summed E-state index contributed by atoms with van der Waals surface area (Å²) in [4.78, 5) is 4.17. The standard InChI is InChI=1S/C9H15N3.2ClH/c10-6-3-4-8(11)9-5-1-2-7-12-9;;/h1-2,5,7-8H,3-4,6,10-11H2;2*1H. The molecule has 0 spiro atoms. The van der Waals surface area contributed by atoms with Crippen LogP contribution in [0, 0.1) is 0 Å². The van der Waals surface area contributed by atoms with Crippen LogP contribution >= 0.6 is 24.8 Å². The first-order valence-electron chi connectivity index (χ1n) is 4.21. The Bertz CT molecular complexity index is 219. The van der Waals surface area contributed by atoms with Gasteiger partial charge in [0.2, 0.25) is 0 Å². The molecule has 0 bridgehead atoms. The van der Waals surface area contributed by atoms with Gasteiger partial charge in [-0.05, 0) is 31.5 Å². The molecule has 1 atom stereocenters. The van der Waals surface area contributed by atoms with E-state index in [1.165, 1.54) is 0 Å². The van der Waals surface area contributed by atoms with E-state index in [-0.39, 0.29) is 30.9 Å². The molecule has 1 heterocycles. The number of hydrogen-bond donors (Lipinski definition) is 2. The Kier molecular flexibility index (Phi) is 10.6. The van der Waals surface area contributed by atoms with E-state index in [4.69, 9.17) is 11.5 Å². The normalized spacial score (nSPS) is 11.0. The molecule has 0 aliphatic heterocycles. The van der Waals surface area contributed by atoms with Crippen LogP contribution in [0.15, 0.2) is 24.4 Å². The molecule has 1 rings (SSSR count). The zero-order chi connectivity index (χ0) is 8.81. The van der Waals surface area contributed by atoms with Crippen molar-refractivity contribution in [3.05, 3.63) is 30.1 Å². The van der Waals surface area contributed by atoms with Crippen molar-refractivity contribution in [1.29, 1.82) is 0 Å². The SMILES string of the molecule is Cl.Cl.NCCCC(N)c1ccccn1. The highest BCUT2D eigenvalue weighted by Crippen LogP contribution is 2.11. The summed E-state index contributed by atoms with van der Waals surface area (Å²) in [6.07, 6.45) is 3.63. The summed E-state index contributed by atoms with van der Waals surface area (Å²) in [5, 5.41) is 0. The van der Waals surface area contributed by atoms with E-state index in [1.54, 1.807) is 6.20 Å². The van der Waals surface area contributed by atoms with Gasteiger partial charge in [0.05, 0.1) is 5.69 Å². The van der Waals surface area contributed by atoms with Crippen LogP contribution in [0.2, 0.25) is 0 Å². The van der Waals surface area contributed by atoms with Crippen molar-refractivity contribution < 1.29 is 0 Å². The lowest BCUT2D eigenvalue weighted by Crippen LogP contribution is -2.13. The van der Waals surface area contributed by atoms with Gasteiger partial charge in [0.1, 0.15) is 0 Å². The molecule has 0 saturated heterocycles. The van der Waals surface area contributed by atoms with Gasteiger partial charge >= 0.3 is 0 Å². The number of nitrogens with zero attached hydrogens (tertiary/aromatic N) is 1. The number of rotatable bonds is 4. The second-order valence-corrected chi connectivity index (χ2v) is 2.79. The zero-order valence-electron chi connectivity index (χ0n) is 7.93. The zero-order valence-corrected chi connectivity index (χ0v) is 9.56. The Morgan fingerprint density at radius 3 is 2.50 bits per heavy atom. The maximum Gasteiger partial charge on any atom is 0.0570 e. The molecule has 14 heavy (non-hydrogen) atoms. The average molecular weight is 238 g/mol. The van der Waals surface area contributed by atoms with E-state index in [9.17, 15) is 0 Å². The Morgan fingerprint density at radius 2 is 2.00 bits per heavy atom. The first kappa shape index (κ1) is 16.1. The molecular formula is C9H17Cl2N3. The molecule has 0 aromatic carbocycles. The lowest BCUT2D eigenvalue weighted by Gasteiger charge is -2.08. The minimum absolute atomic E-state index is 0. The fourth-order valence-electron chi connectivity index (χ4n) is 1.08. The van der Waals surface area contributed by atoms with Crippen LogP contribution in [-0.4, -0.2) is 11.5 Å². The van der Waals surface area contributed by atoms with E-state index in [0.717, 1.165) is 18.5 Å². The average Bonchev–Trinajstić information content (AvgIpc) is 2.15. The van der Waals surface area contributed by atoms with Crippen LogP contribution in [-0.2, 0) is 0 Å². The summed E-state index contributed by atoms with van der Waals surface area (Å²) >= 11 is 0. The van der Waals surface area contributed by atoms with Gasteiger partial charge in [0, 0.05) is 12.2 Å². The van der Waals surface area contributed by atoms with Gasteiger partial charge in [0.25, 0.3) is 0 Å². The second-order valence-electron chi connectivity index (χ2n) is 2.79. The molecule has 0 aliphatic carbocycles. The van der Waals surface area contributed by atoms with Gasteiger partial charge in [-0.3, -0.25) is 4.98 Å². The van der Waals surface area contributed by atoms with Crippen LogP contribution in [0.4, 0.5) is 0 Å². The molecule has 0 aliphatic rings. The predicted molar refractivity (Wildman–Crippen MR) is 63.9 cm³/mol. The highest BCUT2D eigenvalue weighted by atomic mass is 35.5. The topological polar surface area (TPSA) is 64.9 Å². The quantitative estimate of drug-likeness (QED) is 0.838. The van der Waals surface area contributed by atoms with Crippen LogP contribution in [0.5, 0.6) is 0 Å². The van der Waals surface area contributed by atoms with Crippen molar-refractivity contribution >= 4 is 24.8 Å². The predicted octanol–water partition coefficient (Wildman–Crippen LogP) is 1.66. The summed E-state index contributed by atoms with van der Waals surface area (Å²) in [6, 6.07) is 5.82. The Balaban J connectivity index is 0. The van der Waals surface area contributed by atoms with Gasteiger partial charge in [-0.15, -0.1) is 24.8 Å².